The van der Waals surface area contributed by atoms with E-state index in [9.17, 15) is 4.79 Å². The second kappa shape index (κ2) is 5.81. The van der Waals surface area contributed by atoms with Crippen LogP contribution < -0.4 is 5.56 Å². The van der Waals surface area contributed by atoms with Crippen molar-refractivity contribution in [3.63, 3.8) is 0 Å². The minimum Gasteiger partial charge on any atom is -0.327 e. The van der Waals surface area contributed by atoms with Gasteiger partial charge in [-0.1, -0.05) is 36.6 Å². The van der Waals surface area contributed by atoms with Crippen molar-refractivity contribution in [2.24, 2.45) is 0 Å². The average molecular weight is 329 g/mol. The molecule has 1 N–H and O–H groups in total. The zero-order valence-electron chi connectivity index (χ0n) is 12.6. The highest BCUT2D eigenvalue weighted by molar-refractivity contribution is 6.30. The summed E-state index contributed by atoms with van der Waals surface area (Å²) in [6.45, 7) is 0. The highest BCUT2D eigenvalue weighted by Crippen LogP contribution is 2.34. The molecule has 3 aromatic rings. The van der Waals surface area contributed by atoms with Crippen molar-refractivity contribution in [3.8, 4) is 0 Å². The molecule has 0 radical (unpaired) electrons. The van der Waals surface area contributed by atoms with Crippen LogP contribution in [0.2, 0.25) is 5.02 Å². The Morgan fingerprint density at radius 2 is 2.13 bits per heavy atom. The van der Waals surface area contributed by atoms with Crippen LogP contribution in [0.25, 0.3) is 5.78 Å². The zero-order chi connectivity index (χ0) is 15.8. The number of nitrogens with one attached hydrogen (secondary N) is 1. The van der Waals surface area contributed by atoms with E-state index in [-0.39, 0.29) is 5.56 Å². The molecule has 1 aliphatic carbocycles. The van der Waals surface area contributed by atoms with E-state index >= 15 is 0 Å². The molecule has 0 aliphatic heterocycles. The highest BCUT2D eigenvalue weighted by atomic mass is 35.5. The van der Waals surface area contributed by atoms with Crippen molar-refractivity contribution in [2.75, 3.05) is 0 Å². The fourth-order valence-corrected chi connectivity index (χ4v) is 3.71. The molecule has 23 heavy (non-hydrogen) atoms. The topological polar surface area (TPSA) is 63.0 Å². The summed E-state index contributed by atoms with van der Waals surface area (Å²) in [5.74, 6) is 0.922. The predicted octanol–water partition coefficient (Wildman–Crippen LogP) is 3.32. The Balaban J connectivity index is 1.86. The van der Waals surface area contributed by atoms with Crippen molar-refractivity contribution < 1.29 is 0 Å². The van der Waals surface area contributed by atoms with Crippen molar-refractivity contribution in [3.05, 3.63) is 62.8 Å². The molecule has 5 nitrogen and oxygen atoms in total. The molecule has 118 valence electrons. The number of aromatic amines is 1. The van der Waals surface area contributed by atoms with Crippen LogP contribution in [-0.4, -0.2) is 19.6 Å². The van der Waals surface area contributed by atoms with Gasteiger partial charge in [-0.2, -0.15) is 14.6 Å². The first-order valence-electron chi connectivity index (χ1n) is 7.91. The summed E-state index contributed by atoms with van der Waals surface area (Å²) in [7, 11) is 0. The maximum Gasteiger partial charge on any atom is 0.279 e. The van der Waals surface area contributed by atoms with Crippen LogP contribution in [0.15, 0.2) is 35.4 Å². The van der Waals surface area contributed by atoms with Gasteiger partial charge in [0.2, 0.25) is 5.78 Å². The van der Waals surface area contributed by atoms with Crippen LogP contribution in [0.3, 0.4) is 0 Å². The Morgan fingerprint density at radius 3 is 2.91 bits per heavy atom. The van der Waals surface area contributed by atoms with Gasteiger partial charge in [-0.3, -0.25) is 4.79 Å². The lowest BCUT2D eigenvalue weighted by Crippen LogP contribution is -2.24. The van der Waals surface area contributed by atoms with Gasteiger partial charge in [-0.05, 0) is 36.5 Å². The van der Waals surface area contributed by atoms with Crippen molar-refractivity contribution in [1.29, 1.82) is 0 Å². The van der Waals surface area contributed by atoms with Crippen molar-refractivity contribution in [2.45, 2.75) is 38.0 Å². The summed E-state index contributed by atoms with van der Waals surface area (Å²) in [6, 6.07) is 7.66. The van der Waals surface area contributed by atoms with E-state index < -0.39 is 0 Å². The van der Waals surface area contributed by atoms with Crippen LogP contribution in [0, 0.1) is 0 Å². The summed E-state index contributed by atoms with van der Waals surface area (Å²) < 4.78 is 1.35. The number of hydrogen-bond donors (Lipinski definition) is 1. The second-order valence-corrected chi connectivity index (χ2v) is 6.54. The number of fused-ring (bicyclic) bond motifs is 1. The number of hydrogen-bond acceptors (Lipinski definition) is 3. The van der Waals surface area contributed by atoms with Gasteiger partial charge in [0.15, 0.2) is 0 Å². The van der Waals surface area contributed by atoms with E-state index in [0.29, 0.717) is 23.1 Å². The third-order valence-corrected chi connectivity index (χ3v) is 4.84. The van der Waals surface area contributed by atoms with E-state index in [1.165, 1.54) is 23.7 Å². The fourth-order valence-electron chi connectivity index (χ4n) is 3.50. The number of benzene rings is 1. The smallest absolute Gasteiger partial charge is 0.279 e. The molecule has 0 bridgehead atoms. The molecule has 0 spiro atoms. The molecule has 1 aromatic carbocycles. The van der Waals surface area contributed by atoms with Gasteiger partial charge in [0.1, 0.15) is 6.33 Å². The van der Waals surface area contributed by atoms with E-state index in [0.717, 1.165) is 29.7 Å². The molecular weight excluding hydrogens is 312 g/mol. The van der Waals surface area contributed by atoms with Crippen molar-refractivity contribution >= 4 is 17.4 Å². The summed E-state index contributed by atoms with van der Waals surface area (Å²) >= 11 is 6.08. The summed E-state index contributed by atoms with van der Waals surface area (Å²) in [5.41, 5.74) is 2.74. The van der Waals surface area contributed by atoms with Crippen LogP contribution in [0.4, 0.5) is 0 Å². The normalized spacial score (nSPS) is 15.5. The Hall–Kier alpha value is -2.14. The quantitative estimate of drug-likeness (QED) is 0.802. The highest BCUT2D eigenvalue weighted by Gasteiger charge is 2.24. The molecule has 0 saturated heterocycles. The standard InChI is InChI=1S/C17H17ClN4O/c18-13-7-3-4-11(8-13)9-14-15(12-5-1-2-6-12)21-17-19-10-20-22(17)16(14)23/h3-4,7-8,10,12H,1-2,5-6,9H2,(H,19,20,21). The summed E-state index contributed by atoms with van der Waals surface area (Å²) in [4.78, 5) is 20.4. The Morgan fingerprint density at radius 1 is 1.30 bits per heavy atom. The zero-order valence-corrected chi connectivity index (χ0v) is 13.4. The maximum atomic E-state index is 12.9. The molecule has 0 unspecified atom stereocenters. The van der Waals surface area contributed by atoms with Crippen LogP contribution >= 0.6 is 11.6 Å². The minimum atomic E-state index is -0.0851. The Labute approximate surface area is 138 Å². The van der Waals surface area contributed by atoms with Gasteiger partial charge < -0.3 is 4.98 Å². The SMILES string of the molecule is O=c1c(Cc2cccc(Cl)c2)c(C2CCCC2)[nH]c2ncnn12. The monoisotopic (exact) mass is 328 g/mol. The van der Waals surface area contributed by atoms with Gasteiger partial charge in [-0.25, -0.2) is 0 Å². The molecule has 0 atom stereocenters. The van der Waals surface area contributed by atoms with Crippen molar-refractivity contribution in [1.82, 2.24) is 19.6 Å². The third-order valence-electron chi connectivity index (χ3n) is 4.60. The lowest BCUT2D eigenvalue weighted by molar-refractivity contribution is 0.677. The summed E-state index contributed by atoms with van der Waals surface area (Å²) in [5, 5.41) is 4.73. The van der Waals surface area contributed by atoms with E-state index in [4.69, 9.17) is 11.6 Å². The first-order valence-corrected chi connectivity index (χ1v) is 8.29. The first-order chi connectivity index (χ1) is 11.2. The number of H-pyrrole nitrogens is 1. The third kappa shape index (κ3) is 2.65. The van der Waals surface area contributed by atoms with E-state index in [2.05, 4.69) is 15.1 Å². The van der Waals surface area contributed by atoms with Crippen LogP contribution in [0.1, 0.15) is 48.4 Å². The van der Waals surface area contributed by atoms with Gasteiger partial charge >= 0.3 is 0 Å². The minimum absolute atomic E-state index is 0.0851. The predicted molar refractivity (Wildman–Crippen MR) is 89.1 cm³/mol. The largest absolute Gasteiger partial charge is 0.327 e. The molecule has 1 aliphatic rings. The van der Waals surface area contributed by atoms with Gasteiger partial charge in [0, 0.05) is 22.7 Å². The average Bonchev–Trinajstić information content (AvgIpc) is 3.21. The van der Waals surface area contributed by atoms with E-state index in [1.54, 1.807) is 0 Å². The molecule has 0 amide bonds. The Bertz CT molecular complexity index is 908. The lowest BCUT2D eigenvalue weighted by atomic mass is 9.95. The maximum absolute atomic E-state index is 12.9. The Kier molecular flexibility index (Phi) is 3.65. The molecule has 1 fully saturated rings. The molecule has 4 rings (SSSR count). The van der Waals surface area contributed by atoms with Gasteiger partial charge in [-0.15, -0.1) is 0 Å². The van der Waals surface area contributed by atoms with E-state index in [1.807, 2.05) is 24.3 Å². The molecule has 2 heterocycles. The molecule has 6 heteroatoms. The number of rotatable bonds is 3. The lowest BCUT2D eigenvalue weighted by Gasteiger charge is -2.15. The first kappa shape index (κ1) is 14.5. The van der Waals surface area contributed by atoms with Crippen LogP contribution in [0.5, 0.6) is 0 Å². The second-order valence-electron chi connectivity index (χ2n) is 6.11. The number of nitrogens with zero attached hydrogens (tertiary/aromatic N) is 3. The molecule has 2 aromatic heterocycles. The number of halogens is 1. The van der Waals surface area contributed by atoms with Crippen LogP contribution in [-0.2, 0) is 6.42 Å². The molecular formula is C17H17ClN4O. The fraction of sp³-hybridized carbons (Fsp3) is 0.353. The van der Waals surface area contributed by atoms with Gasteiger partial charge in [0.25, 0.3) is 5.56 Å². The summed E-state index contributed by atoms with van der Waals surface area (Å²) in [6.07, 6.45) is 6.61. The molecule has 1 saturated carbocycles. The number of aromatic nitrogens is 4. The van der Waals surface area contributed by atoms with Gasteiger partial charge in [0.05, 0.1) is 0 Å².